The van der Waals surface area contributed by atoms with E-state index in [9.17, 15) is 19.5 Å². The number of hydrogen-bond donors (Lipinski definition) is 1. The number of halogens is 2. The molecule has 0 radical (unpaired) electrons. The molecule has 0 bridgehead atoms. The van der Waals surface area contributed by atoms with Crippen LogP contribution < -0.4 is 0 Å². The summed E-state index contributed by atoms with van der Waals surface area (Å²) in [5.74, 6) is -4.02. The van der Waals surface area contributed by atoms with Gasteiger partial charge in [-0.1, -0.05) is 32.8 Å². The molecule has 7 nitrogen and oxygen atoms in total. The highest BCUT2D eigenvalue weighted by atomic mass is 19.1. The molecule has 0 aromatic rings. The molecule has 0 heterocycles. The number of fused-ring (bicyclic) bond motifs is 5. The van der Waals surface area contributed by atoms with Crippen molar-refractivity contribution < 1.29 is 37.7 Å². The van der Waals surface area contributed by atoms with Gasteiger partial charge in [0.1, 0.15) is 12.2 Å². The van der Waals surface area contributed by atoms with Crippen LogP contribution in [-0.4, -0.2) is 53.0 Å². The van der Waals surface area contributed by atoms with Gasteiger partial charge in [-0.2, -0.15) is 5.26 Å². The predicted molar refractivity (Wildman–Crippen MR) is 135 cm³/mol. The Morgan fingerprint density at radius 3 is 2.56 bits per heavy atom. The van der Waals surface area contributed by atoms with E-state index < -0.39 is 76.5 Å². The van der Waals surface area contributed by atoms with Crippen LogP contribution in [-0.2, 0) is 23.9 Å². The minimum absolute atomic E-state index is 0.0186. The Morgan fingerprint density at radius 2 is 1.90 bits per heavy atom. The number of aliphatic hydroxyl groups is 1. The molecular weight excluding hydrogens is 508 g/mol. The van der Waals surface area contributed by atoms with Crippen molar-refractivity contribution in [2.75, 3.05) is 6.61 Å². The first-order valence-electron chi connectivity index (χ1n) is 14.1. The van der Waals surface area contributed by atoms with Crippen molar-refractivity contribution in [1.82, 2.24) is 0 Å². The quantitative estimate of drug-likeness (QED) is 0.507. The molecular formula is C30H37F2NO6. The van der Waals surface area contributed by atoms with Gasteiger partial charge in [-0.15, -0.1) is 0 Å². The molecule has 5 rings (SSSR count). The number of hydrogen-bond acceptors (Lipinski definition) is 7. The van der Waals surface area contributed by atoms with Gasteiger partial charge in [0.15, 0.2) is 18.1 Å². The highest BCUT2D eigenvalue weighted by Gasteiger charge is 2.78. The van der Waals surface area contributed by atoms with E-state index in [4.69, 9.17) is 14.7 Å². The predicted octanol–water partition coefficient (Wildman–Crippen LogP) is 4.48. The largest absolute Gasteiger partial charge is 0.447 e. The second kappa shape index (κ2) is 9.50. The van der Waals surface area contributed by atoms with Crippen LogP contribution in [0.25, 0.3) is 0 Å². The average molecular weight is 546 g/mol. The molecule has 4 fully saturated rings. The number of nitrogens with zero attached hydrogens (tertiary/aromatic N) is 1. The summed E-state index contributed by atoms with van der Waals surface area (Å²) >= 11 is 0. The first-order chi connectivity index (χ1) is 18.3. The molecule has 0 aliphatic heterocycles. The van der Waals surface area contributed by atoms with Gasteiger partial charge in [0.2, 0.25) is 5.60 Å². The van der Waals surface area contributed by atoms with Gasteiger partial charge in [-0.05, 0) is 68.6 Å². The Morgan fingerprint density at radius 1 is 1.21 bits per heavy atom. The van der Waals surface area contributed by atoms with Gasteiger partial charge in [0, 0.05) is 29.1 Å². The molecule has 0 amide bonds. The summed E-state index contributed by atoms with van der Waals surface area (Å²) in [5.41, 5.74) is -7.00. The van der Waals surface area contributed by atoms with Crippen LogP contribution in [0.15, 0.2) is 23.8 Å². The second-order valence-electron chi connectivity index (χ2n) is 12.8. The van der Waals surface area contributed by atoms with Crippen LogP contribution in [0.4, 0.5) is 8.78 Å². The SMILES string of the molecule is C[C@@H]1C[C@H]2[C@@H]3CC(F)C4=CC(=O)C=C[C@]4(C)[C@@]3(F)[C@@H](O)C[C@]2(C)[C@@]1(OC(=O)CC1CCCC1)C(=O)OCC#N. The maximum Gasteiger partial charge on any atom is 0.352 e. The molecule has 1 unspecified atom stereocenters. The molecule has 9 heteroatoms. The Bertz CT molecular complexity index is 1170. The van der Waals surface area contributed by atoms with E-state index in [0.717, 1.165) is 31.8 Å². The third-order valence-corrected chi connectivity index (χ3v) is 10.9. The van der Waals surface area contributed by atoms with Crippen LogP contribution in [0.5, 0.6) is 0 Å². The monoisotopic (exact) mass is 545 g/mol. The highest BCUT2D eigenvalue weighted by molar-refractivity contribution is 6.01. The molecule has 212 valence electrons. The lowest BCUT2D eigenvalue weighted by Crippen LogP contribution is -2.71. The van der Waals surface area contributed by atoms with Crippen molar-refractivity contribution in [3.05, 3.63) is 23.8 Å². The molecule has 4 saturated carbocycles. The third-order valence-electron chi connectivity index (χ3n) is 10.9. The molecule has 5 aliphatic rings. The lowest BCUT2D eigenvalue weighted by molar-refractivity contribution is -0.239. The number of esters is 2. The fraction of sp³-hybridized carbons (Fsp3) is 0.733. The Labute approximate surface area is 227 Å². The van der Waals surface area contributed by atoms with E-state index in [0.29, 0.717) is 0 Å². The van der Waals surface area contributed by atoms with E-state index in [1.54, 1.807) is 19.9 Å². The lowest BCUT2D eigenvalue weighted by Gasteiger charge is -2.63. The Kier molecular flexibility index (Phi) is 6.81. The fourth-order valence-electron chi connectivity index (χ4n) is 9.09. The Balaban J connectivity index is 1.57. The summed E-state index contributed by atoms with van der Waals surface area (Å²) < 4.78 is 44.6. The number of carbonyl (C=O) groups is 3. The molecule has 9 atom stereocenters. The van der Waals surface area contributed by atoms with E-state index >= 15 is 8.78 Å². The van der Waals surface area contributed by atoms with Crippen LogP contribution in [0.3, 0.4) is 0 Å². The Hall–Kier alpha value is -2.60. The average Bonchev–Trinajstić information content (AvgIpc) is 3.46. The van der Waals surface area contributed by atoms with Crippen molar-refractivity contribution in [3.63, 3.8) is 0 Å². The minimum atomic E-state index is -2.32. The fourth-order valence-corrected chi connectivity index (χ4v) is 9.09. The van der Waals surface area contributed by atoms with Crippen LogP contribution in [0.1, 0.15) is 72.1 Å². The number of ether oxygens (including phenoxy) is 2. The van der Waals surface area contributed by atoms with Gasteiger partial charge in [0.25, 0.3) is 0 Å². The number of nitriles is 1. The summed E-state index contributed by atoms with van der Waals surface area (Å²) in [7, 11) is 0. The molecule has 0 spiro atoms. The number of ketones is 1. The molecule has 1 N–H and O–H groups in total. The normalized spacial score (nSPS) is 45.0. The summed E-state index contributed by atoms with van der Waals surface area (Å²) in [4.78, 5) is 39.1. The second-order valence-corrected chi connectivity index (χ2v) is 12.8. The first-order valence-corrected chi connectivity index (χ1v) is 14.1. The maximum atomic E-state index is 17.5. The van der Waals surface area contributed by atoms with E-state index in [-0.39, 0.29) is 37.2 Å². The summed E-state index contributed by atoms with van der Waals surface area (Å²) in [6.45, 7) is 4.39. The van der Waals surface area contributed by atoms with Gasteiger partial charge in [-0.3, -0.25) is 9.59 Å². The molecule has 39 heavy (non-hydrogen) atoms. The zero-order chi connectivity index (χ0) is 28.4. The zero-order valence-corrected chi connectivity index (χ0v) is 22.8. The van der Waals surface area contributed by atoms with Gasteiger partial charge >= 0.3 is 11.9 Å². The van der Waals surface area contributed by atoms with Crippen LogP contribution >= 0.6 is 0 Å². The highest BCUT2D eigenvalue weighted by Crippen LogP contribution is 2.71. The summed E-state index contributed by atoms with van der Waals surface area (Å²) in [6.07, 6.45) is 4.14. The lowest BCUT2D eigenvalue weighted by atomic mass is 9.44. The van der Waals surface area contributed by atoms with Crippen molar-refractivity contribution in [3.8, 4) is 6.07 Å². The van der Waals surface area contributed by atoms with Crippen molar-refractivity contribution in [2.45, 2.75) is 95.7 Å². The van der Waals surface area contributed by atoms with Crippen molar-refractivity contribution in [1.29, 1.82) is 5.26 Å². The number of aliphatic hydroxyl groups excluding tert-OH is 1. The maximum absolute atomic E-state index is 17.5. The standard InChI is InChI=1S/C30H37F2NO6/c1-17-12-20-21-15-23(31)22-14-19(34)8-9-27(22,2)29(21,32)24(35)16-28(20,3)30(17,26(37)38-11-10-33)39-25(36)13-18-6-4-5-7-18/h8-9,14,17-18,20-21,23-24,35H,4-7,11-13,15-16H2,1-3H3/t17-,20+,21+,23?,24+,27+,28+,29+,30+/m1/s1. The van der Waals surface area contributed by atoms with E-state index in [1.165, 1.54) is 19.1 Å². The summed E-state index contributed by atoms with van der Waals surface area (Å²) in [5, 5.41) is 20.7. The third kappa shape index (κ3) is 3.77. The van der Waals surface area contributed by atoms with Gasteiger partial charge in [-0.25, -0.2) is 13.6 Å². The van der Waals surface area contributed by atoms with Crippen molar-refractivity contribution in [2.24, 2.45) is 34.5 Å². The van der Waals surface area contributed by atoms with Crippen LogP contribution in [0, 0.1) is 45.8 Å². The first kappa shape index (κ1) is 27.9. The minimum Gasteiger partial charge on any atom is -0.447 e. The molecule has 0 saturated heterocycles. The van der Waals surface area contributed by atoms with E-state index in [2.05, 4.69) is 0 Å². The summed E-state index contributed by atoms with van der Waals surface area (Å²) in [6, 6.07) is 1.77. The number of allylic oxidation sites excluding steroid dienone is 4. The molecule has 0 aromatic carbocycles. The molecule has 0 aromatic heterocycles. The smallest absolute Gasteiger partial charge is 0.352 e. The van der Waals surface area contributed by atoms with Gasteiger partial charge < -0.3 is 14.6 Å². The topological polar surface area (TPSA) is 114 Å². The number of alkyl halides is 2. The number of carbonyl (C=O) groups excluding carboxylic acids is 3. The van der Waals surface area contributed by atoms with Crippen molar-refractivity contribution >= 4 is 17.7 Å². The molecule has 5 aliphatic carbocycles. The number of rotatable bonds is 5. The van der Waals surface area contributed by atoms with E-state index in [1.807, 2.05) is 0 Å². The zero-order valence-electron chi connectivity index (χ0n) is 22.8. The van der Waals surface area contributed by atoms with Gasteiger partial charge in [0.05, 0.1) is 6.10 Å². The van der Waals surface area contributed by atoms with Crippen LogP contribution in [0.2, 0.25) is 0 Å².